The topological polar surface area (TPSA) is 117 Å². The highest BCUT2D eigenvalue weighted by Crippen LogP contribution is 2.41. The van der Waals surface area contributed by atoms with E-state index in [1.807, 2.05) is 18.2 Å². The van der Waals surface area contributed by atoms with Crippen LogP contribution in [-0.2, 0) is 22.6 Å². The van der Waals surface area contributed by atoms with Gasteiger partial charge in [0.25, 0.3) is 5.56 Å². The lowest BCUT2D eigenvalue weighted by atomic mass is 9.91. The summed E-state index contributed by atoms with van der Waals surface area (Å²) >= 11 is 7.23. The number of rotatable bonds is 10. The van der Waals surface area contributed by atoms with Crippen LogP contribution in [0.5, 0.6) is 0 Å². The van der Waals surface area contributed by atoms with Crippen LogP contribution in [0.15, 0.2) is 83.9 Å². The Morgan fingerprint density at radius 3 is 2.27 bits per heavy atom. The van der Waals surface area contributed by atoms with Gasteiger partial charge in [-0.05, 0) is 83.7 Å². The van der Waals surface area contributed by atoms with Crippen molar-refractivity contribution >= 4 is 29.1 Å². The quantitative estimate of drug-likeness (QED) is 0.145. The molecule has 3 aromatic carbocycles. The van der Waals surface area contributed by atoms with Crippen molar-refractivity contribution in [2.45, 2.75) is 70.1 Å². The molecule has 8 rings (SSSR count). The number of halogens is 1. The monoisotopic (exact) mass is 700 g/mol. The Labute approximate surface area is 301 Å². The Morgan fingerprint density at radius 1 is 0.804 bits per heavy atom. The summed E-state index contributed by atoms with van der Waals surface area (Å²) < 4.78 is 1.58. The molecular formula is C41H41ClN6O3. The number of pyridine rings is 1. The molecule has 4 heterocycles. The number of nitrogens with one attached hydrogen (secondary N) is 4. The number of benzene rings is 3. The van der Waals surface area contributed by atoms with Crippen LogP contribution in [0.2, 0.25) is 5.02 Å². The maximum absolute atomic E-state index is 13.3. The minimum atomic E-state index is -0.110. The third-order valence-corrected chi connectivity index (χ3v) is 11.1. The van der Waals surface area contributed by atoms with Crippen molar-refractivity contribution in [3.8, 4) is 33.4 Å². The molecule has 5 aromatic rings. The second-order valence-corrected chi connectivity index (χ2v) is 14.4. The molecule has 2 saturated heterocycles. The molecule has 2 fully saturated rings. The number of aromatic nitrogens is 2. The van der Waals surface area contributed by atoms with Crippen molar-refractivity contribution in [3.63, 3.8) is 0 Å². The fraction of sp³-hybridized carbons (Fsp3) is 0.317. The summed E-state index contributed by atoms with van der Waals surface area (Å²) in [4.78, 5) is 41.0. The van der Waals surface area contributed by atoms with Crippen LogP contribution in [0.1, 0.15) is 60.4 Å². The zero-order valence-electron chi connectivity index (χ0n) is 28.6. The van der Waals surface area contributed by atoms with Crippen LogP contribution in [0.4, 0.5) is 0 Å². The van der Waals surface area contributed by atoms with Crippen molar-refractivity contribution in [1.82, 2.24) is 30.7 Å². The van der Waals surface area contributed by atoms with Gasteiger partial charge in [0, 0.05) is 79.7 Å². The maximum atomic E-state index is 13.3. The van der Waals surface area contributed by atoms with E-state index in [0.717, 1.165) is 71.2 Å². The van der Waals surface area contributed by atoms with Gasteiger partial charge < -0.3 is 21.3 Å². The van der Waals surface area contributed by atoms with Gasteiger partial charge in [-0.2, -0.15) is 0 Å². The second kappa shape index (κ2) is 14.1. The first kappa shape index (κ1) is 33.3. The number of carbonyl (C=O) groups is 2. The van der Waals surface area contributed by atoms with E-state index in [-0.39, 0.29) is 29.5 Å². The van der Waals surface area contributed by atoms with Crippen molar-refractivity contribution in [1.29, 1.82) is 0 Å². The molecule has 1 aliphatic carbocycles. The van der Waals surface area contributed by atoms with Crippen molar-refractivity contribution in [2.75, 3.05) is 13.1 Å². The van der Waals surface area contributed by atoms with E-state index >= 15 is 0 Å². The largest absolute Gasteiger partial charge is 0.352 e. The lowest BCUT2D eigenvalue weighted by Gasteiger charge is -2.18. The molecule has 0 spiro atoms. The summed E-state index contributed by atoms with van der Waals surface area (Å²) in [6, 6.07) is 23.7. The van der Waals surface area contributed by atoms with Gasteiger partial charge in [-0.3, -0.25) is 18.8 Å². The number of aryl methyl sites for hydroxylation is 1. The van der Waals surface area contributed by atoms with E-state index in [1.165, 1.54) is 11.1 Å². The van der Waals surface area contributed by atoms with Crippen LogP contribution in [0, 0.1) is 6.92 Å². The molecule has 4 N–H and O–H groups in total. The Kier molecular flexibility index (Phi) is 9.19. The van der Waals surface area contributed by atoms with Crippen LogP contribution >= 0.6 is 11.6 Å². The number of hydrogen-bond acceptors (Lipinski definition) is 6. The summed E-state index contributed by atoms with van der Waals surface area (Å²) in [6.45, 7) is 3.90. The summed E-state index contributed by atoms with van der Waals surface area (Å²) in [5, 5.41) is 13.7. The molecule has 2 aliphatic heterocycles. The van der Waals surface area contributed by atoms with Gasteiger partial charge in [0.1, 0.15) is 5.65 Å². The molecule has 0 radical (unpaired) electrons. The average molecular weight is 701 g/mol. The molecule has 3 aliphatic rings. The van der Waals surface area contributed by atoms with Crippen LogP contribution in [-0.4, -0.2) is 46.4 Å². The van der Waals surface area contributed by atoms with Crippen LogP contribution < -0.4 is 26.8 Å². The molecule has 260 valence electrons. The van der Waals surface area contributed by atoms with E-state index in [1.54, 1.807) is 16.8 Å². The van der Waals surface area contributed by atoms with Crippen LogP contribution in [0.25, 0.3) is 39.0 Å². The summed E-state index contributed by atoms with van der Waals surface area (Å²) in [7, 11) is 0. The maximum Gasteiger partial charge on any atom is 0.262 e. The zero-order chi connectivity index (χ0) is 35.1. The number of hydrogen-bond donors (Lipinski definition) is 4. The highest BCUT2D eigenvalue weighted by atomic mass is 35.5. The minimum absolute atomic E-state index is 0.0780. The van der Waals surface area contributed by atoms with Gasteiger partial charge in [0.15, 0.2) is 0 Å². The molecule has 0 saturated carbocycles. The van der Waals surface area contributed by atoms with Crippen molar-refractivity contribution in [3.05, 3.63) is 117 Å². The SMILES string of the molecule is Cc1c(-c2ccn3c(=O)c(CNC[C@@H]4CCC(=O)N4)cnc3c2)cccc1-c1cccc(-c2ccc3c(c2)CCC3NC[C@@H]2CCC(=O)N2)c1Cl. The Hall–Kier alpha value is -4.83. The van der Waals surface area contributed by atoms with E-state index < -0.39 is 0 Å². The Bertz CT molecular complexity index is 2230. The number of fused-ring (bicyclic) bond motifs is 2. The average Bonchev–Trinajstić information content (AvgIpc) is 3.87. The first-order chi connectivity index (χ1) is 24.8. The lowest BCUT2D eigenvalue weighted by Crippen LogP contribution is -2.36. The molecular weight excluding hydrogens is 660 g/mol. The van der Waals surface area contributed by atoms with Gasteiger partial charge in [0.2, 0.25) is 11.8 Å². The number of carbonyl (C=O) groups excluding carboxylic acids is 2. The third kappa shape index (κ3) is 6.69. The standard InChI is InChI=1S/C41H41ClN6O3/c1-24-31(27-16-17-48-37(19-27)45-21-28(41(48)51)20-43-22-29-10-14-38(49)46-29)4-2-5-32(24)35-7-3-6-34(40(35)42)26-8-12-33-25(18-26)9-13-36(33)44-23-30-11-15-39(50)47-30/h2-8,12,16-19,21,29-30,36,43-44H,9-11,13-15,20,22-23H2,1H3,(H,46,49)(H,47,50)/t29-,30-,36?/m0/s1. The summed E-state index contributed by atoms with van der Waals surface area (Å²) in [5.41, 5.74) is 10.9. The molecule has 9 nitrogen and oxygen atoms in total. The fourth-order valence-corrected chi connectivity index (χ4v) is 8.27. The normalized spacial score (nSPS) is 19.8. The van der Waals surface area contributed by atoms with Crippen molar-refractivity contribution in [2.24, 2.45) is 0 Å². The predicted molar refractivity (Wildman–Crippen MR) is 201 cm³/mol. The summed E-state index contributed by atoms with van der Waals surface area (Å²) in [5.74, 6) is 0.227. The highest BCUT2D eigenvalue weighted by Gasteiger charge is 2.26. The Balaban J connectivity index is 1.01. The molecule has 10 heteroatoms. The summed E-state index contributed by atoms with van der Waals surface area (Å²) in [6.07, 6.45) is 8.35. The number of amides is 2. The van der Waals surface area contributed by atoms with Gasteiger partial charge >= 0.3 is 0 Å². The van der Waals surface area contributed by atoms with E-state index in [2.05, 4.69) is 81.7 Å². The van der Waals surface area contributed by atoms with Crippen LogP contribution in [0.3, 0.4) is 0 Å². The smallest absolute Gasteiger partial charge is 0.262 e. The third-order valence-electron chi connectivity index (χ3n) is 10.7. The molecule has 1 unspecified atom stereocenters. The first-order valence-corrected chi connectivity index (χ1v) is 18.3. The predicted octanol–water partition coefficient (Wildman–Crippen LogP) is 5.88. The molecule has 2 amide bonds. The first-order valence-electron chi connectivity index (χ1n) is 17.9. The fourth-order valence-electron chi connectivity index (χ4n) is 7.93. The molecule has 2 aromatic heterocycles. The van der Waals surface area contributed by atoms with Gasteiger partial charge in [-0.1, -0.05) is 66.2 Å². The molecule has 3 atom stereocenters. The Morgan fingerprint density at radius 2 is 1.51 bits per heavy atom. The van der Waals surface area contributed by atoms with E-state index in [9.17, 15) is 14.4 Å². The van der Waals surface area contributed by atoms with Gasteiger partial charge in [-0.15, -0.1) is 0 Å². The second-order valence-electron chi connectivity index (χ2n) is 14.0. The minimum Gasteiger partial charge on any atom is -0.352 e. The lowest BCUT2D eigenvalue weighted by molar-refractivity contribution is -0.120. The molecule has 0 bridgehead atoms. The molecule has 51 heavy (non-hydrogen) atoms. The number of nitrogens with zero attached hydrogens (tertiary/aromatic N) is 2. The van der Waals surface area contributed by atoms with Crippen molar-refractivity contribution < 1.29 is 9.59 Å². The van der Waals surface area contributed by atoms with E-state index in [0.29, 0.717) is 48.2 Å². The zero-order valence-corrected chi connectivity index (χ0v) is 29.4. The van der Waals surface area contributed by atoms with Gasteiger partial charge in [-0.25, -0.2) is 4.98 Å². The van der Waals surface area contributed by atoms with E-state index in [4.69, 9.17) is 11.6 Å². The van der Waals surface area contributed by atoms with Gasteiger partial charge in [0.05, 0.1) is 5.02 Å². The highest BCUT2D eigenvalue weighted by molar-refractivity contribution is 6.36.